The van der Waals surface area contributed by atoms with E-state index in [0.717, 1.165) is 21.1 Å². The van der Waals surface area contributed by atoms with Crippen LogP contribution >= 0.6 is 22.9 Å². The summed E-state index contributed by atoms with van der Waals surface area (Å²) in [5.74, 6) is -1.97. The van der Waals surface area contributed by atoms with Crippen LogP contribution in [0.3, 0.4) is 0 Å². The van der Waals surface area contributed by atoms with Crippen molar-refractivity contribution in [1.29, 1.82) is 0 Å². The Bertz CT molecular complexity index is 1190. The van der Waals surface area contributed by atoms with Crippen LogP contribution in [-0.4, -0.2) is 74.2 Å². The number of carbonyl (C=O) groups is 4. The van der Waals surface area contributed by atoms with Gasteiger partial charge in [-0.25, -0.2) is 9.18 Å². The molecule has 1 atom stereocenters. The maximum atomic E-state index is 15.0. The summed E-state index contributed by atoms with van der Waals surface area (Å²) in [7, 11) is 0. The Kier molecular flexibility index (Phi) is 8.75. The molecule has 1 aromatic carbocycles. The molecular weight excluding hydrogens is 527 g/mol. The second kappa shape index (κ2) is 12.0. The highest BCUT2D eigenvalue weighted by Crippen LogP contribution is 2.30. The second-order valence-electron chi connectivity index (χ2n) is 8.51. The van der Waals surface area contributed by atoms with Crippen molar-refractivity contribution in [3.63, 3.8) is 0 Å². The minimum absolute atomic E-state index is 0.0332. The Labute approximate surface area is 221 Å². The lowest BCUT2D eigenvalue weighted by atomic mass is 10.2. The molecule has 4 rings (SSSR count). The molecule has 0 radical (unpaired) electrons. The van der Waals surface area contributed by atoms with Gasteiger partial charge in [-0.1, -0.05) is 11.6 Å². The van der Waals surface area contributed by atoms with Gasteiger partial charge in [-0.15, -0.1) is 11.3 Å². The van der Waals surface area contributed by atoms with Gasteiger partial charge in [0, 0.05) is 18.7 Å². The summed E-state index contributed by atoms with van der Waals surface area (Å²) >= 11 is 7.00. The molecule has 0 bridgehead atoms. The molecule has 2 saturated heterocycles. The number of halogens is 2. The summed E-state index contributed by atoms with van der Waals surface area (Å²) in [6, 6.07) is 7.20. The largest absolute Gasteiger partial charge is 0.442 e. The predicted octanol–water partition coefficient (Wildman–Crippen LogP) is 3.03. The predicted molar refractivity (Wildman–Crippen MR) is 135 cm³/mol. The zero-order chi connectivity index (χ0) is 26.5. The van der Waals surface area contributed by atoms with Crippen LogP contribution in [0.1, 0.15) is 28.9 Å². The fourth-order valence-corrected chi connectivity index (χ4v) is 5.10. The SMILES string of the molecule is NCCCCC(=O)N(C[C@H]1CN(c2ccc(N3CCOCC3=O)cc2F)C(=O)O1)C(=O)c1ccc(Cl)s1. The van der Waals surface area contributed by atoms with Crippen molar-refractivity contribution in [1.82, 2.24) is 4.90 Å². The summed E-state index contributed by atoms with van der Waals surface area (Å²) in [4.78, 5) is 54.5. The maximum Gasteiger partial charge on any atom is 0.414 e. The summed E-state index contributed by atoms with van der Waals surface area (Å²) in [6.45, 7) is 0.705. The smallest absolute Gasteiger partial charge is 0.414 e. The first kappa shape index (κ1) is 27.0. The highest BCUT2D eigenvalue weighted by Gasteiger charge is 2.37. The second-order valence-corrected chi connectivity index (χ2v) is 10.2. The lowest BCUT2D eigenvalue weighted by Gasteiger charge is -2.27. The van der Waals surface area contributed by atoms with Crippen LogP contribution in [0.25, 0.3) is 0 Å². The molecule has 2 N–H and O–H groups in total. The number of unbranched alkanes of at least 4 members (excludes halogenated alkanes) is 1. The third kappa shape index (κ3) is 6.27. The van der Waals surface area contributed by atoms with Crippen LogP contribution in [-0.2, 0) is 19.1 Å². The van der Waals surface area contributed by atoms with Crippen molar-refractivity contribution in [3.05, 3.63) is 45.4 Å². The van der Waals surface area contributed by atoms with Gasteiger partial charge in [0.25, 0.3) is 11.8 Å². The van der Waals surface area contributed by atoms with Gasteiger partial charge in [-0.3, -0.25) is 24.2 Å². The zero-order valence-corrected chi connectivity index (χ0v) is 21.4. The van der Waals surface area contributed by atoms with Crippen molar-refractivity contribution in [3.8, 4) is 0 Å². The average Bonchev–Trinajstić information content (AvgIpc) is 3.47. The average molecular weight is 553 g/mol. The highest BCUT2D eigenvalue weighted by atomic mass is 35.5. The van der Waals surface area contributed by atoms with E-state index in [4.69, 9.17) is 26.8 Å². The minimum Gasteiger partial charge on any atom is -0.442 e. The maximum absolute atomic E-state index is 15.0. The molecule has 1 aromatic heterocycles. The van der Waals surface area contributed by atoms with Crippen LogP contribution in [0.5, 0.6) is 0 Å². The van der Waals surface area contributed by atoms with Crippen LogP contribution in [0.2, 0.25) is 4.34 Å². The van der Waals surface area contributed by atoms with E-state index in [1.54, 1.807) is 12.1 Å². The van der Waals surface area contributed by atoms with Crippen LogP contribution in [0.15, 0.2) is 30.3 Å². The first-order valence-corrected chi connectivity index (χ1v) is 12.9. The van der Waals surface area contributed by atoms with Crippen molar-refractivity contribution < 1.29 is 33.0 Å². The number of hydrogen-bond donors (Lipinski definition) is 1. The van der Waals surface area contributed by atoms with Gasteiger partial charge in [0.1, 0.15) is 18.5 Å². The summed E-state index contributed by atoms with van der Waals surface area (Å²) < 4.78 is 25.9. The molecule has 4 amide bonds. The standard InChI is InChI=1S/C24H26ClFN4O6S/c25-20-7-6-19(37-20)23(33)30(21(31)3-1-2-8-27)13-16-12-29(24(34)36-16)18-5-4-15(11-17(18)26)28-9-10-35-14-22(28)32/h4-7,11,16H,1-3,8-10,12-14,27H2/t16-/m1/s1. The Morgan fingerprint density at radius 3 is 2.68 bits per heavy atom. The van der Waals surface area contributed by atoms with Gasteiger partial charge in [-0.2, -0.15) is 0 Å². The monoisotopic (exact) mass is 552 g/mol. The number of nitrogens with two attached hydrogens (primary N) is 1. The van der Waals surface area contributed by atoms with E-state index in [1.165, 1.54) is 23.1 Å². The van der Waals surface area contributed by atoms with Gasteiger partial charge >= 0.3 is 6.09 Å². The van der Waals surface area contributed by atoms with Gasteiger partial charge in [0.05, 0.1) is 34.6 Å². The van der Waals surface area contributed by atoms with E-state index in [9.17, 15) is 19.2 Å². The fraction of sp³-hybridized carbons (Fsp3) is 0.417. The third-order valence-electron chi connectivity index (χ3n) is 5.95. The van der Waals surface area contributed by atoms with Crippen LogP contribution in [0, 0.1) is 5.82 Å². The molecule has 10 nitrogen and oxygen atoms in total. The number of cyclic esters (lactones) is 1. The molecule has 37 heavy (non-hydrogen) atoms. The molecule has 2 fully saturated rings. The van der Waals surface area contributed by atoms with Crippen molar-refractivity contribution in [2.75, 3.05) is 49.2 Å². The third-order valence-corrected chi connectivity index (χ3v) is 7.17. The molecular formula is C24H26ClFN4O6S. The topological polar surface area (TPSA) is 122 Å². The zero-order valence-electron chi connectivity index (χ0n) is 19.9. The van der Waals surface area contributed by atoms with E-state index in [-0.39, 0.29) is 42.6 Å². The Morgan fingerprint density at radius 2 is 2.00 bits per heavy atom. The molecule has 0 spiro atoms. The molecule has 2 aliphatic heterocycles. The number of thiophene rings is 1. The van der Waals surface area contributed by atoms with Crippen LogP contribution in [0.4, 0.5) is 20.6 Å². The number of morpholine rings is 1. The number of rotatable bonds is 9. The number of ether oxygens (including phenoxy) is 2. The summed E-state index contributed by atoms with van der Waals surface area (Å²) in [6.07, 6.45) is -0.449. The van der Waals surface area contributed by atoms with Gasteiger partial charge < -0.3 is 20.1 Å². The number of amides is 4. The van der Waals surface area contributed by atoms with E-state index in [2.05, 4.69) is 0 Å². The lowest BCUT2D eigenvalue weighted by molar-refractivity contribution is -0.129. The lowest BCUT2D eigenvalue weighted by Crippen LogP contribution is -2.43. The van der Waals surface area contributed by atoms with E-state index in [1.807, 2.05) is 0 Å². The summed E-state index contributed by atoms with van der Waals surface area (Å²) in [5, 5.41) is 0. The normalized spacial score (nSPS) is 17.8. The highest BCUT2D eigenvalue weighted by molar-refractivity contribution is 7.18. The molecule has 2 aromatic rings. The van der Waals surface area contributed by atoms with Gasteiger partial charge in [-0.05, 0) is 49.7 Å². The molecule has 13 heteroatoms. The first-order chi connectivity index (χ1) is 17.8. The number of nitrogens with zero attached hydrogens (tertiary/aromatic N) is 3. The summed E-state index contributed by atoms with van der Waals surface area (Å²) in [5.41, 5.74) is 5.83. The Morgan fingerprint density at radius 1 is 1.19 bits per heavy atom. The number of hydrogen-bond acceptors (Lipinski definition) is 8. The van der Waals surface area contributed by atoms with E-state index in [0.29, 0.717) is 42.6 Å². The molecule has 0 aliphatic carbocycles. The number of benzene rings is 1. The molecule has 2 aliphatic rings. The first-order valence-electron chi connectivity index (χ1n) is 11.7. The minimum atomic E-state index is -0.870. The van der Waals surface area contributed by atoms with Gasteiger partial charge in [0.2, 0.25) is 5.91 Å². The quantitative estimate of drug-likeness (QED) is 0.474. The number of imide groups is 1. The number of carbonyl (C=O) groups excluding carboxylic acids is 4. The fourth-order valence-electron chi connectivity index (χ4n) is 4.11. The van der Waals surface area contributed by atoms with Crippen LogP contribution < -0.4 is 15.5 Å². The van der Waals surface area contributed by atoms with Gasteiger partial charge in [0.15, 0.2) is 0 Å². The van der Waals surface area contributed by atoms with Crippen molar-refractivity contribution in [2.45, 2.75) is 25.4 Å². The van der Waals surface area contributed by atoms with Crippen molar-refractivity contribution >= 4 is 58.1 Å². The molecule has 198 valence electrons. The number of anilines is 2. The van der Waals surface area contributed by atoms with E-state index < -0.39 is 29.8 Å². The van der Waals surface area contributed by atoms with E-state index >= 15 is 4.39 Å². The molecule has 0 saturated carbocycles. The van der Waals surface area contributed by atoms with Crippen molar-refractivity contribution in [2.24, 2.45) is 5.73 Å². The molecule has 0 unspecified atom stereocenters. The Balaban J connectivity index is 1.48. The Hall–Kier alpha value is -3.06. The molecule has 3 heterocycles.